The molecule has 0 saturated carbocycles. The summed E-state index contributed by atoms with van der Waals surface area (Å²) in [6.45, 7) is 3.40. The molecule has 5 nitrogen and oxygen atoms in total. The first-order valence-corrected chi connectivity index (χ1v) is 6.20. The first kappa shape index (κ1) is 14.3. The van der Waals surface area contributed by atoms with Crippen molar-refractivity contribution in [2.75, 3.05) is 25.1 Å². The van der Waals surface area contributed by atoms with Crippen LogP contribution in [0.4, 0.5) is 5.69 Å². The maximum Gasteiger partial charge on any atom is 0.184 e. The van der Waals surface area contributed by atoms with Crippen LogP contribution in [-0.4, -0.2) is 29.8 Å². The number of anilines is 1. The molecule has 0 aliphatic heterocycles. The average Bonchev–Trinajstić information content (AvgIpc) is 2.40. The SMILES string of the molecule is CCCCNc1ccnc(C#N)c1OCCCO. The largest absolute Gasteiger partial charge is 0.488 e. The van der Waals surface area contributed by atoms with Crippen molar-refractivity contribution in [2.24, 2.45) is 0 Å². The minimum absolute atomic E-state index is 0.0702. The highest BCUT2D eigenvalue weighted by Crippen LogP contribution is 2.27. The topological polar surface area (TPSA) is 78.2 Å². The Hall–Kier alpha value is -1.80. The second kappa shape index (κ2) is 8.31. The number of rotatable bonds is 8. The zero-order valence-electron chi connectivity index (χ0n) is 10.6. The van der Waals surface area contributed by atoms with Gasteiger partial charge in [-0.15, -0.1) is 0 Å². The summed E-state index contributed by atoms with van der Waals surface area (Å²) in [4.78, 5) is 3.98. The molecule has 1 aromatic rings. The van der Waals surface area contributed by atoms with Crippen LogP contribution in [0.25, 0.3) is 0 Å². The number of aliphatic hydroxyl groups is 1. The number of nitrogens with zero attached hydrogens (tertiary/aromatic N) is 2. The Morgan fingerprint density at radius 1 is 1.50 bits per heavy atom. The monoisotopic (exact) mass is 249 g/mol. The van der Waals surface area contributed by atoms with Gasteiger partial charge < -0.3 is 15.2 Å². The molecule has 0 saturated heterocycles. The van der Waals surface area contributed by atoms with E-state index in [1.165, 1.54) is 0 Å². The summed E-state index contributed by atoms with van der Waals surface area (Å²) < 4.78 is 5.52. The molecule has 0 atom stereocenters. The standard InChI is InChI=1S/C13H19N3O2/c1-2-3-6-15-11-5-7-16-12(10-14)13(11)18-9-4-8-17/h5,7,17H,2-4,6,8-9H2,1H3,(H,15,16). The van der Waals surface area contributed by atoms with Crippen molar-refractivity contribution in [1.82, 2.24) is 4.98 Å². The van der Waals surface area contributed by atoms with Gasteiger partial charge in [0.1, 0.15) is 6.07 Å². The van der Waals surface area contributed by atoms with Gasteiger partial charge >= 0.3 is 0 Å². The van der Waals surface area contributed by atoms with E-state index in [1.807, 2.05) is 6.07 Å². The molecule has 1 heterocycles. The van der Waals surface area contributed by atoms with E-state index in [-0.39, 0.29) is 12.3 Å². The molecule has 0 fully saturated rings. The number of aliphatic hydroxyl groups excluding tert-OH is 1. The lowest BCUT2D eigenvalue weighted by molar-refractivity contribution is 0.233. The Balaban J connectivity index is 2.77. The van der Waals surface area contributed by atoms with Crippen LogP contribution in [0.2, 0.25) is 0 Å². The van der Waals surface area contributed by atoms with Gasteiger partial charge in [0.15, 0.2) is 11.4 Å². The van der Waals surface area contributed by atoms with Crippen LogP contribution in [0.1, 0.15) is 31.9 Å². The lowest BCUT2D eigenvalue weighted by Crippen LogP contribution is -2.08. The molecule has 0 unspecified atom stereocenters. The fraction of sp³-hybridized carbons (Fsp3) is 0.538. The van der Waals surface area contributed by atoms with E-state index in [2.05, 4.69) is 17.2 Å². The molecule has 0 spiro atoms. The quantitative estimate of drug-likeness (QED) is 0.688. The molecular weight excluding hydrogens is 230 g/mol. The van der Waals surface area contributed by atoms with Crippen LogP contribution < -0.4 is 10.1 Å². The van der Waals surface area contributed by atoms with Gasteiger partial charge in [0.25, 0.3) is 0 Å². The van der Waals surface area contributed by atoms with E-state index in [1.54, 1.807) is 12.3 Å². The molecule has 0 aromatic carbocycles. The molecular formula is C13H19N3O2. The van der Waals surface area contributed by atoms with Crippen LogP contribution in [0.15, 0.2) is 12.3 Å². The molecule has 1 rings (SSSR count). The Morgan fingerprint density at radius 3 is 3.00 bits per heavy atom. The Bertz CT molecular complexity index is 402. The summed E-state index contributed by atoms with van der Waals surface area (Å²) >= 11 is 0. The van der Waals surface area contributed by atoms with E-state index in [9.17, 15) is 0 Å². The number of aromatic nitrogens is 1. The zero-order chi connectivity index (χ0) is 13.2. The van der Waals surface area contributed by atoms with Crippen molar-refractivity contribution in [3.63, 3.8) is 0 Å². The van der Waals surface area contributed by atoms with Crippen molar-refractivity contribution < 1.29 is 9.84 Å². The van der Waals surface area contributed by atoms with Crippen molar-refractivity contribution >= 4 is 5.69 Å². The molecule has 1 aromatic heterocycles. The third-order valence-electron chi connectivity index (χ3n) is 2.41. The lowest BCUT2D eigenvalue weighted by atomic mass is 10.2. The van der Waals surface area contributed by atoms with Crippen molar-refractivity contribution in [2.45, 2.75) is 26.2 Å². The third-order valence-corrected chi connectivity index (χ3v) is 2.41. The minimum atomic E-state index is 0.0702. The first-order valence-electron chi connectivity index (χ1n) is 6.20. The number of pyridine rings is 1. The zero-order valence-corrected chi connectivity index (χ0v) is 10.6. The van der Waals surface area contributed by atoms with E-state index >= 15 is 0 Å². The normalized spacial score (nSPS) is 9.83. The molecule has 0 bridgehead atoms. The van der Waals surface area contributed by atoms with Gasteiger partial charge in [-0.05, 0) is 12.5 Å². The van der Waals surface area contributed by atoms with E-state index in [0.717, 1.165) is 25.1 Å². The molecule has 0 radical (unpaired) electrons. The molecule has 0 amide bonds. The van der Waals surface area contributed by atoms with Crippen LogP contribution in [0, 0.1) is 11.3 Å². The summed E-state index contributed by atoms with van der Waals surface area (Å²) in [6.07, 6.45) is 4.28. The molecule has 18 heavy (non-hydrogen) atoms. The number of unbranched alkanes of at least 4 members (excludes halogenated alkanes) is 1. The maximum absolute atomic E-state index is 9.00. The van der Waals surface area contributed by atoms with Crippen molar-refractivity contribution in [3.05, 3.63) is 18.0 Å². The number of ether oxygens (including phenoxy) is 1. The average molecular weight is 249 g/mol. The van der Waals surface area contributed by atoms with E-state index in [4.69, 9.17) is 15.1 Å². The third kappa shape index (κ3) is 4.22. The molecule has 98 valence electrons. The summed E-state index contributed by atoms with van der Waals surface area (Å²) in [5.41, 5.74) is 1.06. The van der Waals surface area contributed by atoms with Crippen LogP contribution in [0.3, 0.4) is 0 Å². The molecule has 0 aliphatic rings. The number of hydrogen-bond donors (Lipinski definition) is 2. The van der Waals surface area contributed by atoms with Crippen molar-refractivity contribution in [1.29, 1.82) is 5.26 Å². The first-order chi connectivity index (χ1) is 8.83. The molecule has 0 aliphatic carbocycles. The van der Waals surface area contributed by atoms with Gasteiger partial charge in [0.2, 0.25) is 0 Å². The van der Waals surface area contributed by atoms with Gasteiger partial charge in [0.05, 0.1) is 12.3 Å². The van der Waals surface area contributed by atoms with Gasteiger partial charge in [-0.3, -0.25) is 0 Å². The highest BCUT2D eigenvalue weighted by molar-refractivity contribution is 5.60. The predicted octanol–water partition coefficient (Wildman–Crippen LogP) is 1.93. The Kier molecular flexibility index (Phi) is 6.59. The summed E-state index contributed by atoms with van der Waals surface area (Å²) in [5, 5.41) is 21.0. The predicted molar refractivity (Wildman–Crippen MR) is 69.5 cm³/mol. The highest BCUT2D eigenvalue weighted by Gasteiger charge is 2.10. The van der Waals surface area contributed by atoms with E-state index < -0.39 is 0 Å². The molecule has 5 heteroatoms. The fourth-order valence-electron chi connectivity index (χ4n) is 1.45. The Labute approximate surface area is 107 Å². The van der Waals surface area contributed by atoms with Crippen LogP contribution in [0.5, 0.6) is 5.75 Å². The van der Waals surface area contributed by atoms with Crippen LogP contribution in [-0.2, 0) is 0 Å². The highest BCUT2D eigenvalue weighted by atomic mass is 16.5. The Morgan fingerprint density at radius 2 is 2.33 bits per heavy atom. The number of hydrogen-bond acceptors (Lipinski definition) is 5. The van der Waals surface area contributed by atoms with Gasteiger partial charge in [-0.2, -0.15) is 5.26 Å². The smallest absolute Gasteiger partial charge is 0.184 e. The number of nitriles is 1. The summed E-state index contributed by atoms with van der Waals surface area (Å²) in [7, 11) is 0. The lowest BCUT2D eigenvalue weighted by Gasteiger charge is -2.13. The summed E-state index contributed by atoms with van der Waals surface area (Å²) in [5.74, 6) is 0.476. The second-order valence-corrected chi connectivity index (χ2v) is 3.85. The van der Waals surface area contributed by atoms with Gasteiger partial charge in [0, 0.05) is 25.8 Å². The van der Waals surface area contributed by atoms with Crippen molar-refractivity contribution in [3.8, 4) is 11.8 Å². The number of nitrogens with one attached hydrogen (secondary N) is 1. The molecule has 2 N–H and O–H groups in total. The van der Waals surface area contributed by atoms with Crippen LogP contribution >= 0.6 is 0 Å². The second-order valence-electron chi connectivity index (χ2n) is 3.85. The summed E-state index contributed by atoms with van der Waals surface area (Å²) in [6, 6.07) is 3.81. The van der Waals surface area contributed by atoms with Gasteiger partial charge in [-0.25, -0.2) is 4.98 Å². The fourth-order valence-corrected chi connectivity index (χ4v) is 1.45. The maximum atomic E-state index is 9.00. The minimum Gasteiger partial charge on any atom is -0.488 e. The van der Waals surface area contributed by atoms with Gasteiger partial charge in [-0.1, -0.05) is 13.3 Å². The van der Waals surface area contributed by atoms with E-state index in [0.29, 0.717) is 18.8 Å².